The monoisotopic (exact) mass is 1080 g/mol. The molecule has 3 fully saturated rings. The summed E-state index contributed by atoms with van der Waals surface area (Å²) in [4.78, 5) is 13.3. The Hall–Kier alpha value is -3.03. The van der Waals surface area contributed by atoms with Crippen molar-refractivity contribution in [1.29, 1.82) is 0 Å². The Bertz CT molecular complexity index is 1720. The van der Waals surface area contributed by atoms with Crippen LogP contribution in [0.1, 0.15) is 136 Å². The van der Waals surface area contributed by atoms with E-state index in [-0.39, 0.29) is 18.9 Å². The molecule has 1 amide bonds. The van der Waals surface area contributed by atoms with Gasteiger partial charge in [0.2, 0.25) is 5.91 Å². The van der Waals surface area contributed by atoms with E-state index in [1.807, 2.05) is 6.08 Å². The molecule has 19 heteroatoms. The standard InChI is InChI=1S/C57H95NO18/c1-3-5-7-9-11-13-15-17-18-19-20-21-22-23-25-27-29-31-33-35-45(63)58-40(41(62)34-32-30-28-26-24-16-14-12-10-8-6-4-2)39-71-55-51(69)48(66)53(43(37-60)73-55)76-57-52(70)49(67)54(44(38-61)74-57)75-56-50(68)47(65)46(64)42(36-59)72-56/h5,7,10-13,17-18,20-21,24,26,32,34,40-44,46-57,59-62,64-70H,3-4,6,8-9,14-16,19,22-23,25,27-31,33,35-39H2,1-2H3,(H,58,63)/b7-5-,12-10+,13-11-,18-17-,21-20-,26-24+,34-32+. The summed E-state index contributed by atoms with van der Waals surface area (Å²) in [5.41, 5.74) is 0. The van der Waals surface area contributed by atoms with Gasteiger partial charge < -0.3 is 89.9 Å². The van der Waals surface area contributed by atoms with Crippen LogP contribution in [0.2, 0.25) is 0 Å². The van der Waals surface area contributed by atoms with Crippen LogP contribution < -0.4 is 5.32 Å². The first-order chi connectivity index (χ1) is 36.8. The van der Waals surface area contributed by atoms with Crippen LogP contribution in [0.5, 0.6) is 0 Å². The van der Waals surface area contributed by atoms with Gasteiger partial charge in [0.1, 0.15) is 73.2 Å². The van der Waals surface area contributed by atoms with Crippen LogP contribution in [0.3, 0.4) is 0 Å². The van der Waals surface area contributed by atoms with Gasteiger partial charge in [0.25, 0.3) is 0 Å². The molecule has 3 saturated heterocycles. The predicted octanol–water partition coefficient (Wildman–Crippen LogP) is 3.64. The molecule has 17 unspecified atom stereocenters. The normalized spacial score (nSPS) is 31.6. The number of carbonyl (C=O) groups is 1. The topological polar surface area (TPSA) is 307 Å². The van der Waals surface area contributed by atoms with Gasteiger partial charge >= 0.3 is 0 Å². The molecule has 19 nitrogen and oxygen atoms in total. The van der Waals surface area contributed by atoms with E-state index in [1.165, 1.54) is 12.8 Å². The van der Waals surface area contributed by atoms with Gasteiger partial charge in [-0.05, 0) is 77.0 Å². The van der Waals surface area contributed by atoms with Crippen LogP contribution in [-0.2, 0) is 33.2 Å². The maximum Gasteiger partial charge on any atom is 0.220 e. The Morgan fingerprint density at radius 1 is 0.487 bits per heavy atom. The summed E-state index contributed by atoms with van der Waals surface area (Å²) in [7, 11) is 0. The van der Waals surface area contributed by atoms with Crippen LogP contribution in [-0.4, -0.2) is 193 Å². The minimum Gasteiger partial charge on any atom is -0.394 e. The third-order valence-electron chi connectivity index (χ3n) is 13.4. The smallest absolute Gasteiger partial charge is 0.220 e. The Labute approximate surface area is 450 Å². The third-order valence-corrected chi connectivity index (χ3v) is 13.4. The van der Waals surface area contributed by atoms with Gasteiger partial charge in [-0.1, -0.05) is 137 Å². The van der Waals surface area contributed by atoms with Crippen molar-refractivity contribution in [2.75, 3.05) is 26.4 Å². The van der Waals surface area contributed by atoms with Crippen LogP contribution in [0.4, 0.5) is 0 Å². The summed E-state index contributed by atoms with van der Waals surface area (Å²) >= 11 is 0. The van der Waals surface area contributed by atoms with Gasteiger partial charge in [-0.15, -0.1) is 0 Å². The number of aliphatic hydroxyl groups excluding tert-OH is 11. The van der Waals surface area contributed by atoms with Crippen LogP contribution in [0.15, 0.2) is 85.1 Å². The molecule has 436 valence electrons. The van der Waals surface area contributed by atoms with E-state index < -0.39 is 124 Å². The number of hydrogen-bond acceptors (Lipinski definition) is 18. The Kier molecular flexibility index (Phi) is 35.6. The van der Waals surface area contributed by atoms with Crippen molar-refractivity contribution in [3.05, 3.63) is 85.1 Å². The van der Waals surface area contributed by atoms with Crippen molar-refractivity contribution in [3.8, 4) is 0 Å². The summed E-state index contributed by atoms with van der Waals surface area (Å²) in [5.74, 6) is -0.311. The molecule has 0 spiro atoms. The van der Waals surface area contributed by atoms with Gasteiger partial charge in [0.05, 0.1) is 38.6 Å². The second-order valence-electron chi connectivity index (χ2n) is 19.6. The van der Waals surface area contributed by atoms with E-state index >= 15 is 0 Å². The average Bonchev–Trinajstić information content (AvgIpc) is 3.42. The largest absolute Gasteiger partial charge is 0.394 e. The summed E-state index contributed by atoms with van der Waals surface area (Å²) in [6, 6.07) is -1.01. The number of hydrogen-bond donors (Lipinski definition) is 12. The molecule has 0 aromatic heterocycles. The molecular formula is C57H95NO18. The lowest BCUT2D eigenvalue weighted by atomic mass is 9.96. The van der Waals surface area contributed by atoms with Gasteiger partial charge in [0, 0.05) is 6.42 Å². The van der Waals surface area contributed by atoms with Crippen molar-refractivity contribution in [1.82, 2.24) is 5.32 Å². The number of amides is 1. The molecular weight excluding hydrogens is 987 g/mol. The highest BCUT2D eigenvalue weighted by Gasteiger charge is 2.53. The number of aliphatic hydroxyl groups is 11. The average molecular weight is 1080 g/mol. The molecule has 3 aliphatic rings. The molecule has 17 atom stereocenters. The SMILES string of the molecule is CC/C=C\C/C=C\C/C=C\C/C=C\CCCCCCCCC(=O)NC(COC1OC(CO)C(OC2OC(CO)C(OC3OC(CO)C(O)C(O)C3O)C(O)C2O)C(O)C1O)C(O)/C=C/CC/C=C/CC/C=C/CCCC. The van der Waals surface area contributed by atoms with Crippen molar-refractivity contribution < 1.29 is 89.4 Å². The van der Waals surface area contributed by atoms with E-state index in [2.05, 4.69) is 92.1 Å². The first-order valence-corrected chi connectivity index (χ1v) is 27.8. The van der Waals surface area contributed by atoms with E-state index in [4.69, 9.17) is 28.4 Å². The summed E-state index contributed by atoms with van der Waals surface area (Å²) < 4.78 is 34.1. The molecule has 76 heavy (non-hydrogen) atoms. The number of unbranched alkanes of at least 4 members (excludes halogenated alkanes) is 10. The summed E-state index contributed by atoms with van der Waals surface area (Å²) in [6.07, 6.45) is 20.0. The highest BCUT2D eigenvalue weighted by Crippen LogP contribution is 2.33. The summed E-state index contributed by atoms with van der Waals surface area (Å²) in [5, 5.41) is 120. The van der Waals surface area contributed by atoms with Crippen LogP contribution >= 0.6 is 0 Å². The van der Waals surface area contributed by atoms with E-state index in [0.29, 0.717) is 12.8 Å². The second-order valence-corrected chi connectivity index (χ2v) is 19.6. The van der Waals surface area contributed by atoms with Crippen molar-refractivity contribution in [3.63, 3.8) is 0 Å². The minimum absolute atomic E-state index is 0.210. The summed E-state index contributed by atoms with van der Waals surface area (Å²) in [6.45, 7) is 1.47. The van der Waals surface area contributed by atoms with E-state index in [9.17, 15) is 61.0 Å². The number of carbonyl (C=O) groups excluding carboxylic acids is 1. The lowest BCUT2D eigenvalue weighted by molar-refractivity contribution is -0.379. The molecule has 3 heterocycles. The van der Waals surface area contributed by atoms with Crippen molar-refractivity contribution in [2.45, 2.75) is 240 Å². The van der Waals surface area contributed by atoms with E-state index in [1.54, 1.807) is 6.08 Å². The quantitative estimate of drug-likeness (QED) is 0.0310. The Morgan fingerprint density at radius 3 is 1.47 bits per heavy atom. The van der Waals surface area contributed by atoms with Crippen molar-refractivity contribution in [2.24, 2.45) is 0 Å². The predicted molar refractivity (Wildman–Crippen MR) is 286 cm³/mol. The fourth-order valence-electron chi connectivity index (χ4n) is 8.78. The number of ether oxygens (including phenoxy) is 6. The number of allylic oxidation sites excluding steroid dienone is 13. The fourth-order valence-corrected chi connectivity index (χ4v) is 8.78. The first kappa shape index (κ1) is 67.2. The lowest BCUT2D eigenvalue weighted by Crippen LogP contribution is -2.66. The number of nitrogens with one attached hydrogen (secondary N) is 1. The van der Waals surface area contributed by atoms with Gasteiger partial charge in [0.15, 0.2) is 18.9 Å². The minimum atomic E-state index is -1.99. The maximum absolute atomic E-state index is 13.3. The molecule has 0 aromatic carbocycles. The Morgan fingerprint density at radius 2 is 0.921 bits per heavy atom. The van der Waals surface area contributed by atoms with Gasteiger partial charge in [-0.2, -0.15) is 0 Å². The van der Waals surface area contributed by atoms with Gasteiger partial charge in [-0.25, -0.2) is 0 Å². The third kappa shape index (κ3) is 24.5. The molecule has 3 aliphatic heterocycles. The zero-order valence-corrected chi connectivity index (χ0v) is 44.9. The van der Waals surface area contributed by atoms with Gasteiger partial charge in [-0.3, -0.25) is 4.79 Å². The lowest BCUT2D eigenvalue weighted by Gasteiger charge is -2.48. The molecule has 0 aromatic rings. The molecule has 0 radical (unpaired) electrons. The molecule has 0 bridgehead atoms. The fraction of sp³-hybridized carbons (Fsp3) is 0.737. The maximum atomic E-state index is 13.3. The van der Waals surface area contributed by atoms with Crippen molar-refractivity contribution >= 4 is 5.91 Å². The highest BCUT2D eigenvalue weighted by molar-refractivity contribution is 5.76. The number of rotatable bonds is 38. The Balaban J connectivity index is 1.54. The second kappa shape index (κ2) is 40.2. The molecule has 3 rings (SSSR count). The van der Waals surface area contributed by atoms with E-state index in [0.717, 1.165) is 89.9 Å². The first-order valence-electron chi connectivity index (χ1n) is 27.8. The van der Waals surface area contributed by atoms with Crippen LogP contribution in [0, 0.1) is 0 Å². The molecule has 12 N–H and O–H groups in total. The zero-order valence-electron chi connectivity index (χ0n) is 44.9. The molecule has 0 aliphatic carbocycles. The zero-order chi connectivity index (χ0) is 55.5. The molecule has 0 saturated carbocycles. The van der Waals surface area contributed by atoms with Crippen LogP contribution in [0.25, 0.3) is 0 Å². The highest BCUT2D eigenvalue weighted by atomic mass is 16.8.